The van der Waals surface area contributed by atoms with E-state index in [0.717, 1.165) is 45.4 Å². The van der Waals surface area contributed by atoms with Crippen molar-refractivity contribution >= 4 is 11.6 Å². The number of aromatic nitrogens is 2. The third kappa shape index (κ3) is 5.06. The first kappa shape index (κ1) is 18.9. The molecule has 2 aliphatic heterocycles. The van der Waals surface area contributed by atoms with Crippen LogP contribution in [0.25, 0.3) is 0 Å². The normalized spacial score (nSPS) is 23.3. The number of aryl methyl sites for hydroxylation is 1. The summed E-state index contributed by atoms with van der Waals surface area (Å²) >= 11 is 0. The summed E-state index contributed by atoms with van der Waals surface area (Å²) in [6.45, 7) is 9.07. The maximum Gasteiger partial charge on any atom is 0.269 e. The molecule has 26 heavy (non-hydrogen) atoms. The maximum absolute atomic E-state index is 12.4. The van der Waals surface area contributed by atoms with E-state index in [1.54, 1.807) is 12.5 Å². The fourth-order valence-electron chi connectivity index (χ4n) is 3.67. The zero-order chi connectivity index (χ0) is 18.4. The van der Waals surface area contributed by atoms with E-state index in [1.165, 1.54) is 6.42 Å². The number of hydrogen-bond donors (Lipinski definition) is 1. The molecule has 0 aromatic carbocycles. The molecule has 144 valence electrons. The average Bonchev–Trinajstić information content (AvgIpc) is 3.27. The molecule has 2 aliphatic rings. The minimum Gasteiger partial charge on any atom is -0.387 e. The number of hydrogen-bond acceptors (Lipinski definition) is 5. The van der Waals surface area contributed by atoms with Crippen LogP contribution in [0.2, 0.25) is 0 Å². The van der Waals surface area contributed by atoms with Crippen LogP contribution in [0, 0.1) is 5.92 Å². The molecule has 0 radical (unpaired) electrons. The SMILES string of the molecule is CC(C)CCN1CCC[C@]2(CC(C(=O)NCCCn3ccnc3)=NO2)C1. The van der Waals surface area contributed by atoms with E-state index in [0.29, 0.717) is 24.6 Å². The van der Waals surface area contributed by atoms with Crippen molar-refractivity contribution in [1.29, 1.82) is 0 Å². The van der Waals surface area contributed by atoms with Gasteiger partial charge in [-0.1, -0.05) is 19.0 Å². The molecule has 0 bridgehead atoms. The highest BCUT2D eigenvalue weighted by atomic mass is 16.7. The number of carbonyl (C=O) groups excluding carboxylic acids is 1. The molecule has 1 aromatic rings. The van der Waals surface area contributed by atoms with Crippen LogP contribution in [0.5, 0.6) is 0 Å². The second-order valence-corrected chi connectivity index (χ2v) is 7.96. The smallest absolute Gasteiger partial charge is 0.269 e. The molecule has 1 amide bonds. The lowest BCUT2D eigenvalue weighted by atomic mass is 9.87. The molecule has 3 rings (SSSR count). The Morgan fingerprint density at radius 3 is 3.08 bits per heavy atom. The van der Waals surface area contributed by atoms with Crippen molar-refractivity contribution in [3.05, 3.63) is 18.7 Å². The van der Waals surface area contributed by atoms with Gasteiger partial charge >= 0.3 is 0 Å². The van der Waals surface area contributed by atoms with Crippen LogP contribution in [0.1, 0.15) is 46.0 Å². The summed E-state index contributed by atoms with van der Waals surface area (Å²) in [5, 5.41) is 7.10. The minimum absolute atomic E-state index is 0.0909. The summed E-state index contributed by atoms with van der Waals surface area (Å²) in [4.78, 5) is 24.6. The molecule has 1 spiro atoms. The van der Waals surface area contributed by atoms with Gasteiger partial charge in [-0.05, 0) is 44.7 Å². The molecule has 1 fully saturated rings. The Bertz CT molecular complexity index is 613. The Morgan fingerprint density at radius 2 is 2.31 bits per heavy atom. The van der Waals surface area contributed by atoms with Gasteiger partial charge in [0.05, 0.1) is 6.33 Å². The average molecular weight is 361 g/mol. The van der Waals surface area contributed by atoms with E-state index in [2.05, 4.69) is 34.2 Å². The zero-order valence-electron chi connectivity index (χ0n) is 16.0. The topological polar surface area (TPSA) is 71.8 Å². The highest BCUT2D eigenvalue weighted by molar-refractivity contribution is 6.39. The molecule has 1 saturated heterocycles. The second kappa shape index (κ2) is 8.66. The predicted molar refractivity (Wildman–Crippen MR) is 101 cm³/mol. The van der Waals surface area contributed by atoms with Gasteiger partial charge in [0.15, 0.2) is 5.60 Å². The first-order valence-electron chi connectivity index (χ1n) is 9.78. The monoisotopic (exact) mass is 361 g/mol. The first-order chi connectivity index (χ1) is 12.6. The molecule has 0 unspecified atom stereocenters. The van der Waals surface area contributed by atoms with Crippen LogP contribution in [0.15, 0.2) is 23.9 Å². The van der Waals surface area contributed by atoms with Crippen LogP contribution in [0.4, 0.5) is 0 Å². The number of rotatable bonds is 8. The van der Waals surface area contributed by atoms with Crippen LogP contribution in [-0.4, -0.2) is 57.8 Å². The molecule has 7 nitrogen and oxygen atoms in total. The summed E-state index contributed by atoms with van der Waals surface area (Å²) in [5.74, 6) is 0.615. The quantitative estimate of drug-likeness (QED) is 0.719. The largest absolute Gasteiger partial charge is 0.387 e. The van der Waals surface area contributed by atoms with Gasteiger partial charge in [0.2, 0.25) is 0 Å². The van der Waals surface area contributed by atoms with Crippen molar-refractivity contribution in [1.82, 2.24) is 19.8 Å². The number of nitrogens with zero attached hydrogens (tertiary/aromatic N) is 4. The minimum atomic E-state index is -0.293. The van der Waals surface area contributed by atoms with E-state index < -0.39 is 0 Å². The summed E-state index contributed by atoms with van der Waals surface area (Å²) < 4.78 is 2.01. The van der Waals surface area contributed by atoms with Gasteiger partial charge in [-0.2, -0.15) is 0 Å². The second-order valence-electron chi connectivity index (χ2n) is 7.96. The molecule has 1 aromatic heterocycles. The lowest BCUT2D eigenvalue weighted by Gasteiger charge is -2.38. The summed E-state index contributed by atoms with van der Waals surface area (Å²) in [6, 6.07) is 0. The van der Waals surface area contributed by atoms with Gasteiger partial charge < -0.3 is 14.7 Å². The highest BCUT2D eigenvalue weighted by Crippen LogP contribution is 2.33. The Balaban J connectivity index is 1.41. The fraction of sp³-hybridized carbons (Fsp3) is 0.737. The summed E-state index contributed by atoms with van der Waals surface area (Å²) in [7, 11) is 0. The molecule has 0 saturated carbocycles. The Morgan fingerprint density at radius 1 is 1.42 bits per heavy atom. The van der Waals surface area contributed by atoms with Crippen molar-refractivity contribution in [2.45, 2.75) is 58.1 Å². The van der Waals surface area contributed by atoms with Crippen LogP contribution in [0.3, 0.4) is 0 Å². The number of imidazole rings is 1. The van der Waals surface area contributed by atoms with Crippen LogP contribution >= 0.6 is 0 Å². The van der Waals surface area contributed by atoms with Crippen LogP contribution < -0.4 is 5.32 Å². The van der Waals surface area contributed by atoms with Crippen molar-refractivity contribution in [3.8, 4) is 0 Å². The number of carbonyl (C=O) groups is 1. The maximum atomic E-state index is 12.4. The molecular weight excluding hydrogens is 330 g/mol. The number of oxime groups is 1. The predicted octanol–water partition coefficient (Wildman–Crippen LogP) is 2.05. The van der Waals surface area contributed by atoms with E-state index in [9.17, 15) is 4.79 Å². The molecule has 1 N–H and O–H groups in total. The van der Waals surface area contributed by atoms with Crippen molar-refractivity contribution < 1.29 is 9.63 Å². The van der Waals surface area contributed by atoms with Crippen molar-refractivity contribution in [3.63, 3.8) is 0 Å². The lowest BCUT2D eigenvalue weighted by Crippen LogP contribution is -2.49. The van der Waals surface area contributed by atoms with Gasteiger partial charge in [0, 0.05) is 38.4 Å². The van der Waals surface area contributed by atoms with E-state index >= 15 is 0 Å². The van der Waals surface area contributed by atoms with E-state index in [4.69, 9.17) is 4.84 Å². The Kier molecular flexibility index (Phi) is 6.29. The Hall–Kier alpha value is -1.89. The third-order valence-electron chi connectivity index (χ3n) is 5.18. The fourth-order valence-corrected chi connectivity index (χ4v) is 3.67. The molecule has 1 atom stereocenters. The van der Waals surface area contributed by atoms with Gasteiger partial charge in [-0.15, -0.1) is 0 Å². The number of piperidine rings is 1. The van der Waals surface area contributed by atoms with Crippen molar-refractivity contribution in [2.75, 3.05) is 26.2 Å². The van der Waals surface area contributed by atoms with Gasteiger partial charge in [0.1, 0.15) is 5.71 Å². The first-order valence-corrected chi connectivity index (χ1v) is 9.78. The number of amides is 1. The van der Waals surface area contributed by atoms with E-state index in [1.807, 2.05) is 10.8 Å². The standard InChI is InChI=1S/C19H31N5O2/c1-16(2)5-11-23-9-3-6-19(14-23)13-17(22-26-19)18(25)21-7-4-10-24-12-8-20-15-24/h8,12,15-16H,3-7,9-11,13-14H2,1-2H3,(H,21,25)/t19-/m0/s1. The van der Waals surface area contributed by atoms with E-state index in [-0.39, 0.29) is 11.5 Å². The number of likely N-dealkylation sites (tertiary alicyclic amines) is 1. The molecule has 3 heterocycles. The number of nitrogens with one attached hydrogen (secondary N) is 1. The molecular formula is C19H31N5O2. The summed E-state index contributed by atoms with van der Waals surface area (Å²) in [5.41, 5.74) is 0.247. The van der Waals surface area contributed by atoms with Crippen molar-refractivity contribution in [2.24, 2.45) is 11.1 Å². The molecule has 7 heteroatoms. The van der Waals surface area contributed by atoms with Crippen LogP contribution in [-0.2, 0) is 16.2 Å². The highest BCUT2D eigenvalue weighted by Gasteiger charge is 2.44. The molecule has 0 aliphatic carbocycles. The zero-order valence-corrected chi connectivity index (χ0v) is 16.0. The third-order valence-corrected chi connectivity index (χ3v) is 5.18. The lowest BCUT2D eigenvalue weighted by molar-refractivity contribution is -0.114. The van der Waals surface area contributed by atoms with Gasteiger partial charge in [0.25, 0.3) is 5.91 Å². The Labute approximate surface area is 155 Å². The van der Waals surface area contributed by atoms with Gasteiger partial charge in [-0.25, -0.2) is 4.98 Å². The van der Waals surface area contributed by atoms with Gasteiger partial charge in [-0.3, -0.25) is 9.69 Å². The summed E-state index contributed by atoms with van der Waals surface area (Å²) in [6.07, 6.45) is 10.2.